The van der Waals surface area contributed by atoms with Crippen molar-refractivity contribution in [1.29, 1.82) is 0 Å². The number of nitrogens with one attached hydrogen (secondary N) is 2. The average molecular weight is 647 g/mol. The van der Waals surface area contributed by atoms with Crippen LogP contribution in [-0.4, -0.2) is 49.0 Å². The Kier molecular flexibility index (Phi) is 8.19. The lowest BCUT2D eigenvalue weighted by atomic mass is 10.1. The van der Waals surface area contributed by atoms with Crippen LogP contribution in [0.4, 0.5) is 22.7 Å². The van der Waals surface area contributed by atoms with Crippen molar-refractivity contribution < 1.29 is 26.4 Å². The summed E-state index contributed by atoms with van der Waals surface area (Å²) in [5.74, 6) is -0.202. The average Bonchev–Trinajstić information content (AvgIpc) is 3.69. The van der Waals surface area contributed by atoms with Crippen LogP contribution in [0.25, 0.3) is 0 Å². The molecule has 0 spiro atoms. The van der Waals surface area contributed by atoms with Crippen LogP contribution >= 0.6 is 0 Å². The smallest absolute Gasteiger partial charge is 0.264 e. The van der Waals surface area contributed by atoms with Gasteiger partial charge in [0.05, 0.1) is 29.1 Å². The Morgan fingerprint density at radius 1 is 0.844 bits per heavy atom. The summed E-state index contributed by atoms with van der Waals surface area (Å²) in [6, 6.07) is 24.5. The van der Waals surface area contributed by atoms with Crippen molar-refractivity contribution in [3.63, 3.8) is 0 Å². The number of sulfonamides is 2. The van der Waals surface area contributed by atoms with Gasteiger partial charge in [0, 0.05) is 30.4 Å². The summed E-state index contributed by atoms with van der Waals surface area (Å²) in [5, 5.41) is 2.76. The fourth-order valence-corrected chi connectivity index (χ4v) is 9.03. The highest BCUT2D eigenvalue weighted by atomic mass is 32.2. The zero-order valence-corrected chi connectivity index (χ0v) is 26.6. The minimum atomic E-state index is -4.11. The van der Waals surface area contributed by atoms with Gasteiger partial charge in [0.2, 0.25) is 0 Å². The van der Waals surface area contributed by atoms with Crippen LogP contribution in [0.15, 0.2) is 101 Å². The first kappa shape index (κ1) is 30.5. The number of carbonyl (C=O) groups is 1. The SMILES string of the molecule is COc1ccccc1NS(=O)(=O)c1cc(NC(=O)c2cccc(S(=O)(=O)N3c4ccccc4CC3C)c2)ccc1N1CCCC1. The number of nitrogens with zero attached hydrogens (tertiary/aromatic N) is 2. The summed E-state index contributed by atoms with van der Waals surface area (Å²) in [4.78, 5) is 15.4. The van der Waals surface area contributed by atoms with Crippen LogP contribution in [0.2, 0.25) is 0 Å². The molecule has 1 unspecified atom stereocenters. The molecule has 2 aliphatic rings. The number of rotatable bonds is 9. The van der Waals surface area contributed by atoms with Gasteiger partial charge in [-0.3, -0.25) is 13.8 Å². The molecule has 0 aliphatic carbocycles. The molecule has 2 heterocycles. The molecule has 6 rings (SSSR count). The summed E-state index contributed by atoms with van der Waals surface area (Å²) in [6.07, 6.45) is 2.48. The van der Waals surface area contributed by atoms with Crippen molar-refractivity contribution >= 4 is 48.7 Å². The van der Waals surface area contributed by atoms with Gasteiger partial charge in [0.25, 0.3) is 26.0 Å². The van der Waals surface area contributed by atoms with Gasteiger partial charge in [-0.1, -0.05) is 36.4 Å². The van der Waals surface area contributed by atoms with Crippen LogP contribution < -0.4 is 24.0 Å². The van der Waals surface area contributed by atoms with Gasteiger partial charge < -0.3 is 15.0 Å². The predicted octanol–water partition coefficient (Wildman–Crippen LogP) is 5.49. The number of methoxy groups -OCH3 is 1. The number of carbonyl (C=O) groups excluding carboxylic acids is 1. The maximum atomic E-state index is 13.8. The van der Waals surface area contributed by atoms with Crippen LogP contribution in [0.1, 0.15) is 35.7 Å². The van der Waals surface area contributed by atoms with Gasteiger partial charge in [-0.2, -0.15) is 0 Å². The monoisotopic (exact) mass is 646 g/mol. The molecule has 10 nitrogen and oxygen atoms in total. The summed E-state index contributed by atoms with van der Waals surface area (Å²) in [5.41, 5.74) is 2.77. The predicted molar refractivity (Wildman–Crippen MR) is 175 cm³/mol. The van der Waals surface area contributed by atoms with Gasteiger partial charge in [-0.05, 0) is 86.3 Å². The molecular weight excluding hydrogens is 613 g/mol. The van der Waals surface area contributed by atoms with E-state index >= 15 is 0 Å². The molecule has 0 aromatic heterocycles. The Labute approximate surface area is 263 Å². The maximum Gasteiger partial charge on any atom is 0.264 e. The van der Waals surface area contributed by atoms with E-state index in [0.29, 0.717) is 36.6 Å². The third-order valence-corrected chi connectivity index (χ3v) is 11.4. The van der Waals surface area contributed by atoms with Gasteiger partial charge in [-0.15, -0.1) is 0 Å². The first-order valence-electron chi connectivity index (χ1n) is 14.7. The van der Waals surface area contributed by atoms with Gasteiger partial charge in [0.1, 0.15) is 10.6 Å². The second kappa shape index (κ2) is 12.1. The fourth-order valence-electron chi connectivity index (χ4n) is 5.97. The number of para-hydroxylation sites is 3. The second-order valence-electron chi connectivity index (χ2n) is 11.1. The standard InChI is InChI=1S/C33H34N4O6S2/c1-23-20-24-10-3-5-14-29(24)37(23)45(41,42)27-12-9-11-25(21-27)33(38)34-26-16-17-30(36-18-7-8-19-36)32(22-26)44(39,40)35-28-13-4-6-15-31(28)43-2/h3-6,9-17,21-23,35H,7-8,18-20H2,1-2H3,(H,34,38). The number of amides is 1. The van der Waals surface area contributed by atoms with Crippen molar-refractivity contribution in [1.82, 2.24) is 0 Å². The molecule has 1 amide bonds. The third-order valence-electron chi connectivity index (χ3n) is 8.10. The highest BCUT2D eigenvalue weighted by Gasteiger charge is 2.36. The quantitative estimate of drug-likeness (QED) is 0.247. The highest BCUT2D eigenvalue weighted by molar-refractivity contribution is 7.93. The highest BCUT2D eigenvalue weighted by Crippen LogP contribution is 2.37. The van der Waals surface area contributed by atoms with Crippen LogP contribution in [0.5, 0.6) is 5.75 Å². The Morgan fingerprint density at radius 2 is 1.58 bits per heavy atom. The number of benzene rings is 4. The van der Waals surface area contributed by atoms with Crippen molar-refractivity contribution in [2.45, 2.75) is 42.0 Å². The van der Waals surface area contributed by atoms with E-state index in [4.69, 9.17) is 4.74 Å². The second-order valence-corrected chi connectivity index (χ2v) is 14.6. The Balaban J connectivity index is 1.30. The van der Waals surface area contributed by atoms with Crippen molar-refractivity contribution in [2.75, 3.05) is 39.4 Å². The summed E-state index contributed by atoms with van der Waals surface area (Å²) < 4.78 is 64.4. The van der Waals surface area contributed by atoms with Crippen molar-refractivity contribution in [3.05, 3.63) is 102 Å². The first-order valence-corrected chi connectivity index (χ1v) is 17.6. The molecule has 4 aromatic rings. The molecule has 12 heteroatoms. The summed E-state index contributed by atoms with van der Waals surface area (Å²) >= 11 is 0. The van der Waals surface area contributed by atoms with Gasteiger partial charge in [-0.25, -0.2) is 16.8 Å². The van der Waals surface area contributed by atoms with E-state index in [1.807, 2.05) is 24.0 Å². The zero-order chi connectivity index (χ0) is 31.8. The first-order chi connectivity index (χ1) is 21.6. The molecule has 4 aromatic carbocycles. The molecule has 2 N–H and O–H groups in total. The van der Waals surface area contributed by atoms with E-state index in [9.17, 15) is 21.6 Å². The number of anilines is 4. The van der Waals surface area contributed by atoms with Crippen LogP contribution in [-0.2, 0) is 26.5 Å². The lowest BCUT2D eigenvalue weighted by Crippen LogP contribution is -2.35. The van der Waals surface area contributed by atoms with E-state index in [0.717, 1.165) is 18.4 Å². The minimum absolute atomic E-state index is 0.00567. The molecule has 0 saturated carbocycles. The number of hydrogen-bond donors (Lipinski definition) is 2. The zero-order valence-electron chi connectivity index (χ0n) is 24.9. The van der Waals surface area contributed by atoms with Crippen LogP contribution in [0.3, 0.4) is 0 Å². The normalized spacial score (nSPS) is 16.4. The Hall–Kier alpha value is -4.55. The van der Waals surface area contributed by atoms with E-state index in [2.05, 4.69) is 10.0 Å². The Bertz CT molecular complexity index is 1970. The number of ether oxygens (including phenoxy) is 1. The maximum absolute atomic E-state index is 13.8. The van der Waals surface area contributed by atoms with E-state index in [1.165, 1.54) is 41.7 Å². The topological polar surface area (TPSA) is 125 Å². The molecule has 45 heavy (non-hydrogen) atoms. The molecule has 1 fully saturated rings. The van der Waals surface area contributed by atoms with Gasteiger partial charge in [0.15, 0.2) is 0 Å². The summed E-state index contributed by atoms with van der Waals surface area (Å²) in [6.45, 7) is 3.28. The Morgan fingerprint density at radius 3 is 2.36 bits per heavy atom. The number of hydrogen-bond acceptors (Lipinski definition) is 7. The molecule has 0 bridgehead atoms. The lowest BCUT2D eigenvalue weighted by molar-refractivity contribution is 0.102. The third kappa shape index (κ3) is 5.95. The van der Waals surface area contributed by atoms with Crippen LogP contribution in [0, 0.1) is 0 Å². The molecule has 0 radical (unpaired) electrons. The lowest BCUT2D eigenvalue weighted by Gasteiger charge is -2.24. The molecule has 2 aliphatic heterocycles. The van der Waals surface area contributed by atoms with E-state index in [-0.39, 0.29) is 32.8 Å². The van der Waals surface area contributed by atoms with E-state index < -0.39 is 26.0 Å². The van der Waals surface area contributed by atoms with Crippen molar-refractivity contribution in [2.24, 2.45) is 0 Å². The molecule has 1 atom stereocenters. The van der Waals surface area contributed by atoms with Crippen molar-refractivity contribution in [3.8, 4) is 5.75 Å². The fraction of sp³-hybridized carbons (Fsp3) is 0.242. The molecule has 1 saturated heterocycles. The van der Waals surface area contributed by atoms with Gasteiger partial charge >= 0.3 is 0 Å². The number of fused-ring (bicyclic) bond motifs is 1. The van der Waals surface area contributed by atoms with E-state index in [1.54, 1.807) is 48.5 Å². The molecular formula is C33H34N4O6S2. The largest absolute Gasteiger partial charge is 0.495 e. The molecule has 234 valence electrons. The summed E-state index contributed by atoms with van der Waals surface area (Å²) in [7, 11) is -6.60. The minimum Gasteiger partial charge on any atom is -0.495 e.